The van der Waals surface area contributed by atoms with Crippen LogP contribution in [0.3, 0.4) is 0 Å². The Balaban J connectivity index is 1.30. The number of halogens is 3. The lowest BCUT2D eigenvalue weighted by Crippen LogP contribution is -2.25. The number of hydrogen-bond acceptors (Lipinski definition) is 9. The molecular weight excluding hydrogens is 674 g/mol. The first-order chi connectivity index (χ1) is 23.8. The molecule has 1 saturated carbocycles. The van der Waals surface area contributed by atoms with Crippen molar-refractivity contribution in [1.29, 1.82) is 0 Å². The van der Waals surface area contributed by atoms with Crippen molar-refractivity contribution in [2.24, 2.45) is 0 Å². The van der Waals surface area contributed by atoms with E-state index in [-0.39, 0.29) is 41.8 Å². The van der Waals surface area contributed by atoms with E-state index in [2.05, 4.69) is 25.7 Å². The van der Waals surface area contributed by atoms with Gasteiger partial charge in [-0.05, 0) is 73.4 Å². The van der Waals surface area contributed by atoms with Crippen LogP contribution in [-0.2, 0) is 27.4 Å². The van der Waals surface area contributed by atoms with Gasteiger partial charge in [-0.3, -0.25) is 18.6 Å². The number of aliphatic hydroxyl groups is 1. The first-order valence-corrected chi connectivity index (χ1v) is 17.7. The van der Waals surface area contributed by atoms with Gasteiger partial charge in [0.25, 0.3) is 5.91 Å². The van der Waals surface area contributed by atoms with Crippen LogP contribution in [0.1, 0.15) is 85.5 Å². The highest BCUT2D eigenvalue weighted by molar-refractivity contribution is 7.32. The third kappa shape index (κ3) is 7.13. The Morgan fingerprint density at radius 3 is 2.36 bits per heavy atom. The van der Waals surface area contributed by atoms with Crippen molar-refractivity contribution in [3.8, 4) is 11.1 Å². The van der Waals surface area contributed by atoms with Crippen LogP contribution in [0.25, 0.3) is 11.1 Å². The van der Waals surface area contributed by atoms with Gasteiger partial charge in [-0.2, -0.15) is 23.3 Å². The maximum absolute atomic E-state index is 14.2. The summed E-state index contributed by atoms with van der Waals surface area (Å²) in [6.45, 7) is 3.95. The molecule has 4 N–H and O–H groups in total. The number of amides is 1. The fraction of sp³-hybridized carbons (Fsp3) is 0.412. The molecule has 50 heavy (non-hydrogen) atoms. The van der Waals surface area contributed by atoms with Crippen LogP contribution in [-0.4, -0.2) is 53.7 Å². The van der Waals surface area contributed by atoms with Crippen molar-refractivity contribution < 1.29 is 37.1 Å². The number of benzene rings is 2. The molecule has 0 radical (unpaired) electrons. The number of fused-ring (bicyclic) bond motifs is 1. The lowest BCUT2D eigenvalue weighted by molar-refractivity contribution is -0.137. The van der Waals surface area contributed by atoms with Gasteiger partial charge in [-0.25, -0.2) is 4.98 Å². The second-order valence-corrected chi connectivity index (χ2v) is 13.4. The summed E-state index contributed by atoms with van der Waals surface area (Å²) in [5.41, 5.74) is 1.67. The average molecular weight is 714 g/mol. The van der Waals surface area contributed by atoms with E-state index >= 15 is 0 Å². The van der Waals surface area contributed by atoms with Crippen LogP contribution in [0.4, 0.5) is 36.3 Å². The summed E-state index contributed by atoms with van der Waals surface area (Å²) in [5, 5.41) is 20.2. The molecule has 6 rings (SSSR count). The summed E-state index contributed by atoms with van der Waals surface area (Å²) in [6, 6.07) is 10.2. The smallest absolute Gasteiger partial charge is 0.393 e. The molecule has 0 saturated heterocycles. The molecule has 16 heteroatoms. The lowest BCUT2D eigenvalue weighted by atomic mass is 9.88. The van der Waals surface area contributed by atoms with Gasteiger partial charge >= 0.3 is 14.4 Å². The summed E-state index contributed by atoms with van der Waals surface area (Å²) >= 11 is 0. The predicted octanol–water partition coefficient (Wildman–Crippen LogP) is 7.32. The number of aliphatic hydroxyl groups excluding tert-OH is 1. The van der Waals surface area contributed by atoms with Gasteiger partial charge in [0.15, 0.2) is 0 Å². The standard InChI is InChI=1S/C34H39F3N7O5P/c1-4-33(5-2,49-50(47)48)21-6-8-22(9-7-21)40-32-38-17-27(34(35,36)37)30(42-32)41-28-15-14-25(26-19-43(3)31(46)29(26)28)20-16-39-44(18-20)23-10-12-24(45)13-11-23/h6-9,14-18,23-24,45,50H,4-5,10-13,19H2,1-3H3,(H,47,48)(H2,38,40,41,42)/t23-,24-. The second-order valence-electron chi connectivity index (χ2n) is 12.7. The number of aromatic nitrogens is 4. The van der Waals surface area contributed by atoms with E-state index in [0.29, 0.717) is 48.7 Å². The molecule has 1 unspecified atom stereocenters. The minimum absolute atomic E-state index is 0.124. The van der Waals surface area contributed by atoms with Crippen molar-refractivity contribution in [1.82, 2.24) is 24.6 Å². The Kier molecular flexibility index (Phi) is 10.0. The number of nitrogens with zero attached hydrogens (tertiary/aromatic N) is 5. The molecule has 1 aliphatic heterocycles. The van der Waals surface area contributed by atoms with Gasteiger partial charge in [0.2, 0.25) is 5.95 Å². The highest BCUT2D eigenvalue weighted by Gasteiger charge is 2.37. The number of rotatable bonds is 11. The molecule has 4 aromatic rings. The largest absolute Gasteiger partial charge is 0.421 e. The van der Waals surface area contributed by atoms with Crippen molar-refractivity contribution in [3.63, 3.8) is 0 Å². The van der Waals surface area contributed by atoms with E-state index in [1.807, 2.05) is 24.7 Å². The number of alkyl halides is 3. The first-order valence-electron chi connectivity index (χ1n) is 16.5. The van der Waals surface area contributed by atoms with E-state index in [1.165, 1.54) is 4.90 Å². The maximum atomic E-state index is 14.2. The number of hydrogen-bond donors (Lipinski definition) is 4. The zero-order valence-electron chi connectivity index (χ0n) is 27.8. The third-order valence-electron chi connectivity index (χ3n) is 9.66. The summed E-state index contributed by atoms with van der Waals surface area (Å²) in [5.74, 6) is -1.00. The first kappa shape index (κ1) is 35.5. The minimum atomic E-state index is -4.80. The fourth-order valence-electron chi connectivity index (χ4n) is 6.82. The summed E-state index contributed by atoms with van der Waals surface area (Å²) < 4.78 is 61.5. The topological polar surface area (TPSA) is 155 Å². The number of nitrogens with one attached hydrogen (secondary N) is 2. The molecule has 3 heterocycles. The van der Waals surface area contributed by atoms with Crippen LogP contribution >= 0.6 is 8.25 Å². The van der Waals surface area contributed by atoms with Gasteiger partial charge in [0.1, 0.15) is 17.0 Å². The second kappa shape index (κ2) is 14.1. The van der Waals surface area contributed by atoms with Crippen LogP contribution in [0.15, 0.2) is 55.0 Å². The molecule has 2 aromatic heterocycles. The summed E-state index contributed by atoms with van der Waals surface area (Å²) in [7, 11) is -1.58. The molecule has 1 atom stereocenters. The molecule has 12 nitrogen and oxygen atoms in total. The van der Waals surface area contributed by atoms with E-state index in [9.17, 15) is 32.5 Å². The highest BCUT2D eigenvalue weighted by atomic mass is 31.1. The monoisotopic (exact) mass is 713 g/mol. The van der Waals surface area contributed by atoms with Crippen LogP contribution in [0.2, 0.25) is 0 Å². The molecule has 2 aromatic carbocycles. The van der Waals surface area contributed by atoms with E-state index in [4.69, 9.17) is 4.52 Å². The van der Waals surface area contributed by atoms with E-state index in [0.717, 1.165) is 24.0 Å². The Labute approximate surface area is 287 Å². The molecule has 0 spiro atoms. The quantitative estimate of drug-likeness (QED) is 0.116. The molecule has 1 amide bonds. The number of anilines is 4. The average Bonchev–Trinajstić information content (AvgIpc) is 3.69. The van der Waals surface area contributed by atoms with Gasteiger partial charge < -0.3 is 25.5 Å². The van der Waals surface area contributed by atoms with Crippen molar-refractivity contribution in [3.05, 3.63) is 77.2 Å². The molecule has 1 aliphatic carbocycles. The van der Waals surface area contributed by atoms with Crippen molar-refractivity contribution in [2.45, 2.75) is 82.8 Å². The van der Waals surface area contributed by atoms with Gasteiger partial charge in [-0.1, -0.05) is 32.0 Å². The highest BCUT2D eigenvalue weighted by Crippen LogP contribution is 2.42. The van der Waals surface area contributed by atoms with E-state index in [1.54, 1.807) is 49.6 Å². The Bertz CT molecular complexity index is 1890. The molecule has 266 valence electrons. The molecular formula is C34H39F3N7O5P. The zero-order valence-corrected chi connectivity index (χ0v) is 28.8. The van der Waals surface area contributed by atoms with Crippen molar-refractivity contribution in [2.75, 3.05) is 17.7 Å². The third-order valence-corrected chi connectivity index (χ3v) is 10.2. The Hall–Kier alpha value is -4.30. The van der Waals surface area contributed by atoms with Crippen LogP contribution in [0.5, 0.6) is 0 Å². The maximum Gasteiger partial charge on any atom is 0.421 e. The lowest BCUT2D eigenvalue weighted by Gasteiger charge is -2.31. The Morgan fingerprint density at radius 1 is 1.02 bits per heavy atom. The number of carbonyl (C=O) groups excluding carboxylic acids is 1. The summed E-state index contributed by atoms with van der Waals surface area (Å²) in [4.78, 5) is 32.4. The minimum Gasteiger partial charge on any atom is -0.393 e. The van der Waals surface area contributed by atoms with Crippen LogP contribution < -0.4 is 10.6 Å². The van der Waals surface area contributed by atoms with Gasteiger partial charge in [0, 0.05) is 37.2 Å². The van der Waals surface area contributed by atoms with E-state index < -0.39 is 31.4 Å². The normalized spacial score (nSPS) is 18.6. The molecule has 0 bridgehead atoms. The Morgan fingerprint density at radius 2 is 1.72 bits per heavy atom. The SMILES string of the molecule is CCC(CC)(O[PH](=O)O)c1ccc(Nc2ncc(C(F)(F)F)c(Nc3ccc(-c4cnn([C@H]5CC[C@H](O)CC5)c4)c4c3C(=O)N(C)C4)n2)cc1. The van der Waals surface area contributed by atoms with Crippen LogP contribution in [0, 0.1) is 0 Å². The molecule has 1 fully saturated rings. The predicted molar refractivity (Wildman–Crippen MR) is 182 cm³/mol. The van der Waals surface area contributed by atoms with Gasteiger partial charge in [-0.15, -0.1) is 0 Å². The fourth-order valence-corrected chi connectivity index (χ4v) is 7.56. The zero-order chi connectivity index (χ0) is 35.8. The van der Waals surface area contributed by atoms with Gasteiger partial charge in [0.05, 0.1) is 29.6 Å². The summed E-state index contributed by atoms with van der Waals surface area (Å²) in [6.07, 6.45) is 3.12. The van der Waals surface area contributed by atoms with Crippen molar-refractivity contribution >= 4 is 37.3 Å². The number of carbonyl (C=O) groups is 1. The molecule has 2 aliphatic rings.